The third kappa shape index (κ3) is 2.63. The Morgan fingerprint density at radius 1 is 1.60 bits per heavy atom. The molecule has 0 radical (unpaired) electrons. The maximum absolute atomic E-state index is 9.03. The lowest BCUT2D eigenvalue weighted by atomic mass is 10.3. The van der Waals surface area contributed by atoms with Crippen molar-refractivity contribution >= 4 is 17.6 Å². The summed E-state index contributed by atoms with van der Waals surface area (Å²) >= 11 is 2.01. The van der Waals surface area contributed by atoms with Crippen molar-refractivity contribution in [1.29, 1.82) is 0 Å². The maximum Gasteiger partial charge on any atom is 0.128 e. The average Bonchev–Trinajstić information content (AvgIpc) is 2.29. The summed E-state index contributed by atoms with van der Waals surface area (Å²) in [5.74, 6) is 2.15. The summed E-state index contributed by atoms with van der Waals surface area (Å²) in [5, 5.41) is 9.69. The highest BCUT2D eigenvalue weighted by molar-refractivity contribution is 8.00. The van der Waals surface area contributed by atoms with Gasteiger partial charge in [0.15, 0.2) is 0 Å². The fraction of sp³-hybridized carbons (Fsp3) is 0.545. The molecule has 0 aliphatic carbocycles. The van der Waals surface area contributed by atoms with Crippen LogP contribution in [0.1, 0.15) is 12.6 Å². The highest BCUT2D eigenvalue weighted by atomic mass is 32.2. The molecule has 1 aromatic rings. The van der Waals surface area contributed by atoms with Crippen molar-refractivity contribution in [2.24, 2.45) is 0 Å². The van der Waals surface area contributed by atoms with Gasteiger partial charge in [0.1, 0.15) is 5.82 Å². The fourth-order valence-electron chi connectivity index (χ4n) is 1.76. The maximum atomic E-state index is 9.03. The Morgan fingerprint density at radius 3 is 3.20 bits per heavy atom. The number of hydrogen-bond donors (Lipinski definition) is 1. The van der Waals surface area contributed by atoms with Crippen molar-refractivity contribution in [3.8, 4) is 0 Å². The van der Waals surface area contributed by atoms with Crippen molar-refractivity contribution in [1.82, 2.24) is 4.98 Å². The van der Waals surface area contributed by atoms with Gasteiger partial charge in [-0.05, 0) is 12.1 Å². The molecule has 1 atom stereocenters. The zero-order valence-electron chi connectivity index (χ0n) is 8.89. The van der Waals surface area contributed by atoms with Gasteiger partial charge < -0.3 is 10.0 Å². The summed E-state index contributed by atoms with van der Waals surface area (Å²) in [5.41, 5.74) is 0.748. The van der Waals surface area contributed by atoms with Crippen LogP contribution in [0.25, 0.3) is 0 Å². The Bertz CT molecular complexity index is 332. The number of thioether (sulfide) groups is 1. The number of aliphatic hydroxyl groups is 1. The predicted octanol–water partition coefficient (Wildman–Crippen LogP) is 1.52. The van der Waals surface area contributed by atoms with Crippen LogP contribution < -0.4 is 4.90 Å². The predicted molar refractivity (Wildman–Crippen MR) is 64.3 cm³/mol. The van der Waals surface area contributed by atoms with E-state index in [2.05, 4.69) is 16.8 Å². The van der Waals surface area contributed by atoms with Crippen LogP contribution in [0.5, 0.6) is 0 Å². The molecule has 1 N–H and O–H groups in total. The van der Waals surface area contributed by atoms with Crippen LogP contribution in [0.3, 0.4) is 0 Å². The van der Waals surface area contributed by atoms with Gasteiger partial charge in [-0.25, -0.2) is 4.98 Å². The third-order valence-electron chi connectivity index (χ3n) is 2.52. The highest BCUT2D eigenvalue weighted by Crippen LogP contribution is 2.22. The van der Waals surface area contributed by atoms with Gasteiger partial charge in [-0.2, -0.15) is 11.8 Å². The van der Waals surface area contributed by atoms with Gasteiger partial charge in [0.05, 0.1) is 12.3 Å². The molecule has 1 aliphatic heterocycles. The molecule has 1 unspecified atom stereocenters. The molecular weight excluding hydrogens is 208 g/mol. The van der Waals surface area contributed by atoms with E-state index in [1.807, 2.05) is 30.0 Å². The summed E-state index contributed by atoms with van der Waals surface area (Å²) in [4.78, 5) is 6.71. The fourth-order valence-corrected chi connectivity index (χ4v) is 2.77. The molecule has 82 valence electrons. The zero-order valence-corrected chi connectivity index (χ0v) is 9.70. The first kappa shape index (κ1) is 10.8. The smallest absolute Gasteiger partial charge is 0.128 e. The highest BCUT2D eigenvalue weighted by Gasteiger charge is 2.17. The number of rotatable bonds is 2. The van der Waals surface area contributed by atoms with E-state index in [9.17, 15) is 0 Å². The van der Waals surface area contributed by atoms with E-state index in [1.165, 1.54) is 0 Å². The van der Waals surface area contributed by atoms with E-state index >= 15 is 0 Å². The van der Waals surface area contributed by atoms with Crippen molar-refractivity contribution in [3.05, 3.63) is 23.9 Å². The summed E-state index contributed by atoms with van der Waals surface area (Å²) in [7, 11) is 0. The number of aromatic nitrogens is 1. The monoisotopic (exact) mass is 224 g/mol. The van der Waals surface area contributed by atoms with Gasteiger partial charge in [0, 0.05) is 24.1 Å². The Kier molecular flexibility index (Phi) is 3.49. The van der Waals surface area contributed by atoms with Crippen LogP contribution in [-0.4, -0.2) is 34.2 Å². The lowest BCUT2D eigenvalue weighted by Gasteiger charge is -2.31. The van der Waals surface area contributed by atoms with Crippen LogP contribution in [-0.2, 0) is 6.61 Å². The minimum Gasteiger partial charge on any atom is -0.390 e. The standard InChI is InChI=1S/C11H16N2OS/c1-9-7-13(5-6-15-9)11-4-2-3-10(8-14)12-11/h2-4,9,14H,5-8H2,1H3. The number of aliphatic hydroxyl groups excluding tert-OH is 1. The lowest BCUT2D eigenvalue weighted by Crippen LogP contribution is -2.37. The number of anilines is 1. The molecular formula is C11H16N2OS. The summed E-state index contributed by atoms with van der Waals surface area (Å²) in [6.07, 6.45) is 0. The normalized spacial score (nSPS) is 21.7. The van der Waals surface area contributed by atoms with Crippen molar-refractivity contribution in [2.75, 3.05) is 23.7 Å². The second-order valence-electron chi connectivity index (χ2n) is 3.77. The first-order valence-electron chi connectivity index (χ1n) is 5.23. The number of nitrogens with zero attached hydrogens (tertiary/aromatic N) is 2. The van der Waals surface area contributed by atoms with Gasteiger partial charge >= 0.3 is 0 Å². The molecule has 0 amide bonds. The summed E-state index contributed by atoms with van der Waals surface area (Å²) in [6.45, 7) is 4.36. The number of hydrogen-bond acceptors (Lipinski definition) is 4. The summed E-state index contributed by atoms with van der Waals surface area (Å²) in [6, 6.07) is 5.83. The SMILES string of the molecule is CC1CN(c2cccc(CO)n2)CCS1. The topological polar surface area (TPSA) is 36.4 Å². The minimum atomic E-state index is 0.0198. The Hall–Kier alpha value is -0.740. The van der Waals surface area contributed by atoms with E-state index in [1.54, 1.807) is 0 Å². The lowest BCUT2D eigenvalue weighted by molar-refractivity contribution is 0.277. The largest absolute Gasteiger partial charge is 0.390 e. The second kappa shape index (κ2) is 4.86. The van der Waals surface area contributed by atoms with E-state index in [0.717, 1.165) is 30.4 Å². The molecule has 0 aromatic carbocycles. The quantitative estimate of drug-likeness (QED) is 0.826. The second-order valence-corrected chi connectivity index (χ2v) is 5.32. The molecule has 15 heavy (non-hydrogen) atoms. The molecule has 2 heterocycles. The molecule has 4 heteroatoms. The van der Waals surface area contributed by atoms with Gasteiger partial charge in [-0.3, -0.25) is 0 Å². The van der Waals surface area contributed by atoms with Gasteiger partial charge in [-0.1, -0.05) is 13.0 Å². The molecule has 0 spiro atoms. The van der Waals surface area contributed by atoms with Crippen LogP contribution in [0.2, 0.25) is 0 Å². The molecule has 3 nitrogen and oxygen atoms in total. The van der Waals surface area contributed by atoms with Crippen LogP contribution in [0.15, 0.2) is 18.2 Å². The Balaban J connectivity index is 2.13. The molecule has 1 fully saturated rings. The molecule has 0 saturated carbocycles. The van der Waals surface area contributed by atoms with Gasteiger partial charge in [-0.15, -0.1) is 0 Å². The van der Waals surface area contributed by atoms with Crippen LogP contribution in [0, 0.1) is 0 Å². The van der Waals surface area contributed by atoms with Gasteiger partial charge in [0.25, 0.3) is 0 Å². The van der Waals surface area contributed by atoms with Crippen molar-refractivity contribution in [2.45, 2.75) is 18.8 Å². The minimum absolute atomic E-state index is 0.0198. The number of pyridine rings is 1. The average molecular weight is 224 g/mol. The Labute approximate surface area is 94.5 Å². The molecule has 1 saturated heterocycles. The zero-order chi connectivity index (χ0) is 10.7. The van der Waals surface area contributed by atoms with E-state index < -0.39 is 0 Å². The van der Waals surface area contributed by atoms with Gasteiger partial charge in [0.2, 0.25) is 0 Å². The first-order valence-corrected chi connectivity index (χ1v) is 6.28. The Morgan fingerprint density at radius 2 is 2.47 bits per heavy atom. The van der Waals surface area contributed by atoms with E-state index in [0.29, 0.717) is 5.25 Å². The molecule has 1 aliphatic rings. The van der Waals surface area contributed by atoms with Crippen molar-refractivity contribution in [3.63, 3.8) is 0 Å². The van der Waals surface area contributed by atoms with E-state index in [4.69, 9.17) is 5.11 Å². The molecule has 0 bridgehead atoms. The van der Waals surface area contributed by atoms with Crippen molar-refractivity contribution < 1.29 is 5.11 Å². The summed E-state index contributed by atoms with van der Waals surface area (Å²) < 4.78 is 0. The molecule has 2 rings (SSSR count). The first-order chi connectivity index (χ1) is 7.29. The molecule has 1 aromatic heterocycles. The third-order valence-corrected chi connectivity index (χ3v) is 3.66. The van der Waals surface area contributed by atoms with Crippen LogP contribution in [0.4, 0.5) is 5.82 Å². The van der Waals surface area contributed by atoms with Crippen LogP contribution >= 0.6 is 11.8 Å². The van der Waals surface area contributed by atoms with E-state index in [-0.39, 0.29) is 6.61 Å².